The lowest BCUT2D eigenvalue weighted by atomic mass is 10.1. The number of rotatable bonds is 5. The highest BCUT2D eigenvalue weighted by molar-refractivity contribution is 8.00. The van der Waals surface area contributed by atoms with Gasteiger partial charge in [0.15, 0.2) is 0 Å². The van der Waals surface area contributed by atoms with Gasteiger partial charge in [0.25, 0.3) is 0 Å². The van der Waals surface area contributed by atoms with Crippen LogP contribution in [0.2, 0.25) is 0 Å². The van der Waals surface area contributed by atoms with Crippen LogP contribution in [0.1, 0.15) is 43.7 Å². The van der Waals surface area contributed by atoms with Gasteiger partial charge in [-0.1, -0.05) is 36.7 Å². The molecule has 2 N–H and O–H groups in total. The number of benzene rings is 1. The van der Waals surface area contributed by atoms with Crippen LogP contribution in [0, 0.1) is 13.8 Å². The van der Waals surface area contributed by atoms with Gasteiger partial charge < -0.3 is 5.32 Å². The Morgan fingerprint density at radius 1 is 1.26 bits per heavy atom. The van der Waals surface area contributed by atoms with Crippen molar-refractivity contribution in [1.82, 2.24) is 30.8 Å². The molecule has 1 fully saturated rings. The zero-order valence-corrected chi connectivity index (χ0v) is 16.5. The summed E-state index contributed by atoms with van der Waals surface area (Å²) in [6, 6.07) is 5.75. The molecule has 1 atom stereocenters. The van der Waals surface area contributed by atoms with Crippen LogP contribution in [-0.2, 0) is 4.79 Å². The highest BCUT2D eigenvalue weighted by Crippen LogP contribution is 2.25. The van der Waals surface area contributed by atoms with Crippen LogP contribution in [0.3, 0.4) is 0 Å². The van der Waals surface area contributed by atoms with E-state index in [1.54, 1.807) is 11.6 Å². The molecule has 3 amide bonds. The predicted molar refractivity (Wildman–Crippen MR) is 103 cm³/mol. The molecule has 1 aromatic carbocycles. The van der Waals surface area contributed by atoms with E-state index < -0.39 is 11.3 Å². The molecule has 1 aromatic heterocycles. The zero-order chi connectivity index (χ0) is 19.4. The standard InChI is InChI=1S/C18H24N6O2S/c1-11-8-9-12(2)15(10-11)24-18(21-22-23-24)27-13(3)16(25)20-17(26)19-14-6-4-5-7-14/h8-10,13-14H,4-7H2,1-3H3,(H2,19,20,25,26)/t13-/m1/s1. The van der Waals surface area contributed by atoms with E-state index in [0.29, 0.717) is 5.16 Å². The zero-order valence-electron chi connectivity index (χ0n) is 15.7. The van der Waals surface area contributed by atoms with Crippen molar-refractivity contribution in [2.24, 2.45) is 0 Å². The summed E-state index contributed by atoms with van der Waals surface area (Å²) >= 11 is 1.21. The molecule has 8 nitrogen and oxygen atoms in total. The quantitative estimate of drug-likeness (QED) is 0.763. The summed E-state index contributed by atoms with van der Waals surface area (Å²) in [5.74, 6) is -0.369. The van der Waals surface area contributed by atoms with E-state index in [1.807, 2.05) is 32.0 Å². The first-order valence-electron chi connectivity index (χ1n) is 9.08. The second-order valence-corrected chi connectivity index (χ2v) is 8.18. The number of hydrogen-bond donors (Lipinski definition) is 2. The Labute approximate surface area is 162 Å². The molecule has 27 heavy (non-hydrogen) atoms. The largest absolute Gasteiger partial charge is 0.335 e. The smallest absolute Gasteiger partial charge is 0.321 e. The van der Waals surface area contributed by atoms with Crippen molar-refractivity contribution in [3.8, 4) is 5.69 Å². The second-order valence-electron chi connectivity index (χ2n) is 6.87. The summed E-state index contributed by atoms with van der Waals surface area (Å²) in [5, 5.41) is 17.1. The first-order valence-corrected chi connectivity index (χ1v) is 9.96. The summed E-state index contributed by atoms with van der Waals surface area (Å²) in [4.78, 5) is 24.3. The Morgan fingerprint density at radius 3 is 2.74 bits per heavy atom. The summed E-state index contributed by atoms with van der Waals surface area (Å²) in [6.07, 6.45) is 4.17. The van der Waals surface area contributed by atoms with Gasteiger partial charge in [-0.15, -0.1) is 5.10 Å². The Hall–Kier alpha value is -2.42. The van der Waals surface area contributed by atoms with Crippen LogP contribution in [-0.4, -0.2) is 43.4 Å². The molecule has 0 unspecified atom stereocenters. The fraction of sp³-hybridized carbons (Fsp3) is 0.500. The van der Waals surface area contributed by atoms with Crippen molar-refractivity contribution < 1.29 is 9.59 Å². The number of tetrazole rings is 1. The van der Waals surface area contributed by atoms with Crippen LogP contribution in [0.15, 0.2) is 23.4 Å². The number of imide groups is 1. The van der Waals surface area contributed by atoms with Crippen molar-refractivity contribution in [2.45, 2.75) is 62.9 Å². The highest BCUT2D eigenvalue weighted by atomic mass is 32.2. The minimum Gasteiger partial charge on any atom is -0.335 e. The molecular weight excluding hydrogens is 364 g/mol. The van der Waals surface area contributed by atoms with Gasteiger partial charge >= 0.3 is 6.03 Å². The summed E-state index contributed by atoms with van der Waals surface area (Å²) < 4.78 is 1.62. The molecule has 0 bridgehead atoms. The minimum atomic E-state index is -0.519. The molecule has 1 saturated carbocycles. The fourth-order valence-electron chi connectivity index (χ4n) is 3.07. The van der Waals surface area contributed by atoms with Gasteiger partial charge in [0.05, 0.1) is 10.9 Å². The average molecular weight is 388 g/mol. The summed E-state index contributed by atoms with van der Waals surface area (Å²) in [6.45, 7) is 5.71. The first kappa shape index (κ1) is 19.3. The number of nitrogens with zero attached hydrogens (tertiary/aromatic N) is 4. The number of aromatic nitrogens is 4. The first-order chi connectivity index (χ1) is 12.9. The van der Waals surface area contributed by atoms with Gasteiger partial charge in [-0.25, -0.2) is 4.79 Å². The van der Waals surface area contributed by atoms with Crippen LogP contribution in [0.25, 0.3) is 5.69 Å². The summed E-state index contributed by atoms with van der Waals surface area (Å²) in [5.41, 5.74) is 2.99. The number of hydrogen-bond acceptors (Lipinski definition) is 6. The molecule has 2 aromatic rings. The molecule has 1 aliphatic rings. The molecule has 144 valence electrons. The third kappa shape index (κ3) is 4.85. The maximum Gasteiger partial charge on any atom is 0.321 e. The van der Waals surface area contributed by atoms with Crippen molar-refractivity contribution in [1.29, 1.82) is 0 Å². The molecule has 1 aliphatic carbocycles. The number of thioether (sulfide) groups is 1. The SMILES string of the molecule is Cc1ccc(C)c(-n2nnnc2S[C@H](C)C(=O)NC(=O)NC2CCCC2)c1. The molecule has 0 spiro atoms. The van der Waals surface area contributed by atoms with E-state index in [0.717, 1.165) is 42.5 Å². The van der Waals surface area contributed by atoms with Gasteiger partial charge in [-0.3, -0.25) is 10.1 Å². The molecule has 0 radical (unpaired) electrons. The maximum atomic E-state index is 12.4. The van der Waals surface area contributed by atoms with Gasteiger partial charge in [0.2, 0.25) is 11.1 Å². The van der Waals surface area contributed by atoms with Crippen molar-refractivity contribution >= 4 is 23.7 Å². The van der Waals surface area contributed by atoms with Crippen LogP contribution < -0.4 is 10.6 Å². The summed E-state index contributed by atoms with van der Waals surface area (Å²) in [7, 11) is 0. The van der Waals surface area contributed by atoms with E-state index in [1.165, 1.54) is 11.8 Å². The molecule has 3 rings (SSSR count). The van der Waals surface area contributed by atoms with Crippen LogP contribution >= 0.6 is 11.8 Å². The molecule has 0 saturated heterocycles. The number of carbonyl (C=O) groups excluding carboxylic acids is 2. The lowest BCUT2D eigenvalue weighted by Crippen LogP contribution is -2.45. The number of carbonyl (C=O) groups is 2. The van der Waals surface area contributed by atoms with E-state index >= 15 is 0 Å². The molecule has 9 heteroatoms. The van der Waals surface area contributed by atoms with Gasteiger partial charge in [0, 0.05) is 6.04 Å². The van der Waals surface area contributed by atoms with E-state index in [4.69, 9.17) is 0 Å². The Morgan fingerprint density at radius 2 is 2.00 bits per heavy atom. The third-order valence-electron chi connectivity index (χ3n) is 4.61. The van der Waals surface area contributed by atoms with E-state index in [-0.39, 0.29) is 11.9 Å². The lowest BCUT2D eigenvalue weighted by molar-refractivity contribution is -0.119. The fourth-order valence-corrected chi connectivity index (χ4v) is 3.87. The monoisotopic (exact) mass is 388 g/mol. The van der Waals surface area contributed by atoms with Crippen molar-refractivity contribution in [3.05, 3.63) is 29.3 Å². The van der Waals surface area contributed by atoms with Crippen LogP contribution in [0.5, 0.6) is 0 Å². The Bertz CT molecular complexity index is 831. The van der Waals surface area contributed by atoms with Crippen molar-refractivity contribution in [3.63, 3.8) is 0 Å². The third-order valence-corrected chi connectivity index (χ3v) is 5.65. The molecule has 1 heterocycles. The Balaban J connectivity index is 1.63. The number of urea groups is 1. The highest BCUT2D eigenvalue weighted by Gasteiger charge is 2.23. The number of nitrogens with one attached hydrogen (secondary N) is 2. The lowest BCUT2D eigenvalue weighted by Gasteiger charge is -2.15. The minimum absolute atomic E-state index is 0.164. The van der Waals surface area contributed by atoms with Crippen molar-refractivity contribution in [2.75, 3.05) is 0 Å². The average Bonchev–Trinajstić information content (AvgIpc) is 3.28. The van der Waals surface area contributed by atoms with Gasteiger partial charge in [0.1, 0.15) is 0 Å². The predicted octanol–water partition coefficient (Wildman–Crippen LogP) is 2.53. The van der Waals surface area contributed by atoms with E-state index in [9.17, 15) is 9.59 Å². The van der Waals surface area contributed by atoms with Gasteiger partial charge in [-0.2, -0.15) is 4.68 Å². The normalized spacial score (nSPS) is 15.5. The molecular formula is C18H24N6O2S. The van der Waals surface area contributed by atoms with E-state index in [2.05, 4.69) is 26.2 Å². The maximum absolute atomic E-state index is 12.4. The Kier molecular flexibility index (Phi) is 6.10. The van der Waals surface area contributed by atoms with Crippen LogP contribution in [0.4, 0.5) is 4.79 Å². The van der Waals surface area contributed by atoms with Gasteiger partial charge in [-0.05, 0) is 61.2 Å². The topological polar surface area (TPSA) is 102 Å². The number of amides is 3. The number of aryl methyl sites for hydroxylation is 2. The second kappa shape index (κ2) is 8.51. The molecule has 0 aliphatic heterocycles.